The van der Waals surface area contributed by atoms with Gasteiger partial charge in [0.2, 0.25) is 0 Å². The molecule has 0 fully saturated rings. The highest BCUT2D eigenvalue weighted by Crippen LogP contribution is 2.28. The number of halogens is 1. The van der Waals surface area contributed by atoms with Crippen molar-refractivity contribution >= 4 is 22.9 Å². The van der Waals surface area contributed by atoms with Crippen molar-refractivity contribution in [1.29, 1.82) is 0 Å². The lowest BCUT2D eigenvalue weighted by Gasteiger charge is -2.15. The molecule has 0 aliphatic carbocycles. The smallest absolute Gasteiger partial charge is 0.0931 e. The number of hydrogen-bond donors (Lipinski definition) is 2. The molecule has 0 saturated heterocycles. The Morgan fingerprint density at radius 2 is 2.36 bits per heavy atom. The molecule has 0 bridgehead atoms. The highest BCUT2D eigenvalue weighted by atomic mass is 35.5. The Labute approximate surface area is 93.9 Å². The number of rotatable bonds is 6. The van der Waals surface area contributed by atoms with Crippen LogP contribution in [0.25, 0.3) is 0 Å². The summed E-state index contributed by atoms with van der Waals surface area (Å²) in [6, 6.07) is 4.17. The van der Waals surface area contributed by atoms with E-state index in [-0.39, 0.29) is 12.6 Å². The summed E-state index contributed by atoms with van der Waals surface area (Å²) in [7, 11) is 0. The summed E-state index contributed by atoms with van der Waals surface area (Å²) < 4.78 is 0.807. The van der Waals surface area contributed by atoms with Gasteiger partial charge in [-0.05, 0) is 31.5 Å². The first-order chi connectivity index (χ1) is 6.77. The van der Waals surface area contributed by atoms with Crippen LogP contribution in [-0.4, -0.2) is 18.3 Å². The first-order valence-corrected chi connectivity index (χ1v) is 6.06. The van der Waals surface area contributed by atoms with Crippen LogP contribution in [-0.2, 0) is 0 Å². The van der Waals surface area contributed by atoms with Crippen molar-refractivity contribution in [3.05, 3.63) is 21.3 Å². The second-order valence-corrected chi connectivity index (χ2v) is 4.91. The van der Waals surface area contributed by atoms with E-state index in [2.05, 4.69) is 12.2 Å². The van der Waals surface area contributed by atoms with Gasteiger partial charge in [-0.1, -0.05) is 18.5 Å². The molecule has 1 aromatic heterocycles. The number of nitrogens with one attached hydrogen (secondary N) is 1. The molecule has 1 heterocycles. The molecule has 0 aliphatic heterocycles. The Balaban J connectivity index is 2.57. The van der Waals surface area contributed by atoms with Crippen LogP contribution in [0.15, 0.2) is 12.1 Å². The van der Waals surface area contributed by atoms with E-state index in [1.807, 2.05) is 12.1 Å². The largest absolute Gasteiger partial charge is 0.396 e. The van der Waals surface area contributed by atoms with Gasteiger partial charge in [-0.2, -0.15) is 0 Å². The molecule has 2 nitrogen and oxygen atoms in total. The third-order valence-corrected chi connectivity index (χ3v) is 3.34. The molecule has 2 N–H and O–H groups in total. The van der Waals surface area contributed by atoms with Gasteiger partial charge in [-0.3, -0.25) is 0 Å². The SMILES string of the molecule is CCCNC(CCO)c1ccc(Cl)s1. The van der Waals surface area contributed by atoms with Crippen molar-refractivity contribution in [3.8, 4) is 0 Å². The molecule has 14 heavy (non-hydrogen) atoms. The maximum absolute atomic E-state index is 8.94. The van der Waals surface area contributed by atoms with Crippen LogP contribution >= 0.6 is 22.9 Å². The molecule has 80 valence electrons. The van der Waals surface area contributed by atoms with Gasteiger partial charge in [0.25, 0.3) is 0 Å². The maximum Gasteiger partial charge on any atom is 0.0931 e. The molecular weight excluding hydrogens is 218 g/mol. The van der Waals surface area contributed by atoms with Gasteiger partial charge in [0.1, 0.15) is 0 Å². The molecule has 0 radical (unpaired) electrons. The van der Waals surface area contributed by atoms with Crippen LogP contribution in [0, 0.1) is 0 Å². The van der Waals surface area contributed by atoms with Gasteiger partial charge >= 0.3 is 0 Å². The highest BCUT2D eigenvalue weighted by Gasteiger charge is 2.11. The van der Waals surface area contributed by atoms with E-state index in [9.17, 15) is 0 Å². The lowest BCUT2D eigenvalue weighted by atomic mass is 10.2. The van der Waals surface area contributed by atoms with E-state index < -0.39 is 0 Å². The topological polar surface area (TPSA) is 32.3 Å². The van der Waals surface area contributed by atoms with Crippen molar-refractivity contribution in [3.63, 3.8) is 0 Å². The van der Waals surface area contributed by atoms with Crippen LogP contribution in [0.1, 0.15) is 30.7 Å². The molecule has 1 aromatic rings. The minimum atomic E-state index is 0.205. The average molecular weight is 234 g/mol. The fourth-order valence-corrected chi connectivity index (χ4v) is 2.48. The van der Waals surface area contributed by atoms with Crippen LogP contribution in [0.2, 0.25) is 4.34 Å². The molecule has 1 atom stereocenters. The summed E-state index contributed by atoms with van der Waals surface area (Å²) in [5.41, 5.74) is 0. The van der Waals surface area contributed by atoms with E-state index in [4.69, 9.17) is 16.7 Å². The van der Waals surface area contributed by atoms with E-state index in [1.165, 1.54) is 4.88 Å². The van der Waals surface area contributed by atoms with Crippen molar-refractivity contribution in [2.24, 2.45) is 0 Å². The Kier molecular flexibility index (Phi) is 5.48. The maximum atomic E-state index is 8.94. The van der Waals surface area contributed by atoms with Gasteiger partial charge < -0.3 is 10.4 Å². The zero-order valence-corrected chi connectivity index (χ0v) is 9.87. The predicted octanol–water partition coefficient (Wildman–Crippen LogP) is 2.82. The van der Waals surface area contributed by atoms with Crippen LogP contribution < -0.4 is 5.32 Å². The molecule has 0 aliphatic rings. The summed E-state index contributed by atoms with van der Waals surface area (Å²) in [6.07, 6.45) is 1.85. The zero-order chi connectivity index (χ0) is 10.4. The fourth-order valence-electron chi connectivity index (χ4n) is 1.31. The summed E-state index contributed by atoms with van der Waals surface area (Å²) >= 11 is 7.44. The number of aliphatic hydroxyl groups excluding tert-OH is 1. The summed E-state index contributed by atoms with van der Waals surface area (Å²) in [5.74, 6) is 0. The molecule has 0 aromatic carbocycles. The summed E-state index contributed by atoms with van der Waals surface area (Å²) in [5, 5.41) is 12.3. The Morgan fingerprint density at radius 1 is 1.57 bits per heavy atom. The first-order valence-electron chi connectivity index (χ1n) is 4.87. The van der Waals surface area contributed by atoms with Gasteiger partial charge in [-0.25, -0.2) is 0 Å². The van der Waals surface area contributed by atoms with Crippen molar-refractivity contribution in [2.45, 2.75) is 25.8 Å². The highest BCUT2D eigenvalue weighted by molar-refractivity contribution is 7.16. The predicted molar refractivity (Wildman–Crippen MR) is 62.1 cm³/mol. The Bertz CT molecular complexity index is 264. The fraction of sp³-hybridized carbons (Fsp3) is 0.600. The molecule has 1 rings (SSSR count). The van der Waals surface area contributed by atoms with Crippen molar-refractivity contribution in [1.82, 2.24) is 5.32 Å². The lowest BCUT2D eigenvalue weighted by Crippen LogP contribution is -2.22. The Hall–Kier alpha value is -0.0900. The first kappa shape index (κ1) is 12.0. The summed E-state index contributed by atoms with van der Waals surface area (Å²) in [4.78, 5) is 1.21. The average Bonchev–Trinajstić information content (AvgIpc) is 2.59. The molecule has 4 heteroatoms. The van der Waals surface area contributed by atoms with Crippen molar-refractivity contribution < 1.29 is 5.11 Å². The molecule has 0 saturated carbocycles. The molecule has 1 unspecified atom stereocenters. The van der Waals surface area contributed by atoms with Gasteiger partial charge in [0, 0.05) is 17.5 Å². The molecular formula is C10H16ClNOS. The quantitative estimate of drug-likeness (QED) is 0.792. The lowest BCUT2D eigenvalue weighted by molar-refractivity contribution is 0.266. The van der Waals surface area contributed by atoms with Crippen molar-refractivity contribution in [2.75, 3.05) is 13.2 Å². The van der Waals surface area contributed by atoms with Gasteiger partial charge in [0.15, 0.2) is 0 Å². The van der Waals surface area contributed by atoms with Crippen LogP contribution in [0.3, 0.4) is 0 Å². The molecule has 0 amide bonds. The van der Waals surface area contributed by atoms with E-state index in [0.29, 0.717) is 0 Å². The monoisotopic (exact) mass is 233 g/mol. The minimum Gasteiger partial charge on any atom is -0.396 e. The third kappa shape index (κ3) is 3.58. The Morgan fingerprint density at radius 3 is 2.86 bits per heavy atom. The van der Waals surface area contributed by atoms with Gasteiger partial charge in [0.05, 0.1) is 4.34 Å². The van der Waals surface area contributed by atoms with Crippen LogP contribution in [0.5, 0.6) is 0 Å². The van der Waals surface area contributed by atoms with Gasteiger partial charge in [-0.15, -0.1) is 11.3 Å². The number of thiophene rings is 1. The second kappa shape index (κ2) is 6.40. The summed E-state index contributed by atoms with van der Waals surface area (Å²) in [6.45, 7) is 3.31. The van der Waals surface area contributed by atoms with Crippen LogP contribution in [0.4, 0.5) is 0 Å². The number of aliphatic hydroxyl groups is 1. The molecule has 0 spiro atoms. The number of hydrogen-bond acceptors (Lipinski definition) is 3. The van der Waals surface area contributed by atoms with E-state index in [1.54, 1.807) is 11.3 Å². The standard InChI is InChI=1S/C10H16ClNOS/c1-2-6-12-8(5-7-13)9-3-4-10(11)14-9/h3-4,8,12-13H,2,5-7H2,1H3. The normalized spacial score (nSPS) is 13.1. The third-order valence-electron chi connectivity index (χ3n) is 2.00. The second-order valence-electron chi connectivity index (χ2n) is 3.16. The zero-order valence-electron chi connectivity index (χ0n) is 8.29. The minimum absolute atomic E-state index is 0.205. The van der Waals surface area contributed by atoms with E-state index >= 15 is 0 Å². The van der Waals surface area contributed by atoms with E-state index in [0.717, 1.165) is 23.7 Å².